The van der Waals surface area contributed by atoms with Gasteiger partial charge >= 0.3 is 11.8 Å². The van der Waals surface area contributed by atoms with Crippen LogP contribution < -0.4 is 15.0 Å². The Balaban J connectivity index is 1.58. The molecule has 1 aliphatic heterocycles. The van der Waals surface area contributed by atoms with Crippen LogP contribution in [0.2, 0.25) is 0 Å². The minimum absolute atomic E-state index is 0.482. The predicted octanol–water partition coefficient (Wildman–Crippen LogP) is 1.77. The first-order valence-corrected chi connectivity index (χ1v) is 8.67. The van der Waals surface area contributed by atoms with E-state index in [9.17, 15) is 9.59 Å². The zero-order chi connectivity index (χ0) is 18.4. The zero-order valence-electron chi connectivity index (χ0n) is 14.7. The third kappa shape index (κ3) is 4.11. The van der Waals surface area contributed by atoms with Crippen molar-refractivity contribution < 1.29 is 14.3 Å². The van der Waals surface area contributed by atoms with Crippen LogP contribution in [0.5, 0.6) is 5.75 Å². The van der Waals surface area contributed by atoms with Crippen LogP contribution in [0.3, 0.4) is 0 Å². The molecule has 1 aromatic heterocycles. The molecule has 2 amide bonds. The number of hydrogen-bond acceptors (Lipinski definition) is 5. The Bertz CT molecular complexity index is 758. The second-order valence-corrected chi connectivity index (χ2v) is 5.85. The Kier molecular flexibility index (Phi) is 5.68. The first-order chi connectivity index (χ1) is 12.7. The number of benzene rings is 1. The quantitative estimate of drug-likeness (QED) is 0.847. The molecule has 0 radical (unpaired) electrons. The number of nitrogens with zero attached hydrogens (tertiary/aromatic N) is 3. The summed E-state index contributed by atoms with van der Waals surface area (Å²) in [7, 11) is 0. The summed E-state index contributed by atoms with van der Waals surface area (Å²) in [6.07, 6.45) is 1.75. The number of carbonyl (C=O) groups excluding carboxylic acids is 2. The lowest BCUT2D eigenvalue weighted by Crippen LogP contribution is -2.51. The van der Waals surface area contributed by atoms with Crippen molar-refractivity contribution in [3.05, 3.63) is 48.7 Å². The number of anilines is 2. The molecule has 1 fully saturated rings. The van der Waals surface area contributed by atoms with E-state index in [-0.39, 0.29) is 0 Å². The first kappa shape index (κ1) is 17.7. The average molecular weight is 354 g/mol. The number of carbonyl (C=O) groups is 2. The maximum absolute atomic E-state index is 12.5. The van der Waals surface area contributed by atoms with E-state index in [1.807, 2.05) is 31.2 Å². The summed E-state index contributed by atoms with van der Waals surface area (Å²) in [6.45, 7) is 4.60. The van der Waals surface area contributed by atoms with Gasteiger partial charge in [0.1, 0.15) is 11.6 Å². The van der Waals surface area contributed by atoms with Gasteiger partial charge in [-0.1, -0.05) is 18.2 Å². The highest BCUT2D eigenvalue weighted by atomic mass is 16.5. The van der Waals surface area contributed by atoms with E-state index in [4.69, 9.17) is 4.74 Å². The Morgan fingerprint density at radius 2 is 1.81 bits per heavy atom. The Morgan fingerprint density at radius 3 is 2.50 bits per heavy atom. The Labute approximate surface area is 152 Å². The minimum atomic E-state index is -0.650. The van der Waals surface area contributed by atoms with E-state index in [1.165, 1.54) is 0 Å². The third-order valence-electron chi connectivity index (χ3n) is 4.17. The van der Waals surface area contributed by atoms with E-state index in [2.05, 4.69) is 15.2 Å². The van der Waals surface area contributed by atoms with E-state index in [1.54, 1.807) is 29.3 Å². The number of rotatable bonds is 4. The number of amides is 2. The smallest absolute Gasteiger partial charge is 0.314 e. The molecular weight excluding hydrogens is 332 g/mol. The predicted molar refractivity (Wildman–Crippen MR) is 99.3 cm³/mol. The summed E-state index contributed by atoms with van der Waals surface area (Å²) >= 11 is 0. The Morgan fingerprint density at radius 1 is 1.08 bits per heavy atom. The number of piperazine rings is 1. The topological polar surface area (TPSA) is 74.8 Å². The van der Waals surface area contributed by atoms with E-state index >= 15 is 0 Å². The van der Waals surface area contributed by atoms with Gasteiger partial charge in [0.15, 0.2) is 0 Å². The van der Waals surface area contributed by atoms with Gasteiger partial charge in [0.25, 0.3) is 0 Å². The number of ether oxygens (including phenoxy) is 1. The Hall–Kier alpha value is -3.09. The molecule has 1 aliphatic rings. The summed E-state index contributed by atoms with van der Waals surface area (Å²) in [6, 6.07) is 12.8. The molecule has 3 rings (SSSR count). The van der Waals surface area contributed by atoms with Crippen molar-refractivity contribution in [1.82, 2.24) is 9.88 Å². The molecule has 1 N–H and O–H groups in total. The fraction of sp³-hybridized carbons (Fsp3) is 0.316. The molecular formula is C19H22N4O3. The molecule has 7 nitrogen and oxygen atoms in total. The van der Waals surface area contributed by atoms with Crippen LogP contribution in [-0.4, -0.2) is 54.5 Å². The van der Waals surface area contributed by atoms with Gasteiger partial charge in [-0.05, 0) is 31.2 Å². The zero-order valence-corrected chi connectivity index (χ0v) is 14.7. The maximum atomic E-state index is 12.5. The van der Waals surface area contributed by atoms with Crippen LogP contribution in [0.25, 0.3) is 0 Å². The van der Waals surface area contributed by atoms with Crippen LogP contribution in [-0.2, 0) is 9.59 Å². The summed E-state index contributed by atoms with van der Waals surface area (Å²) in [5.41, 5.74) is 0.500. The van der Waals surface area contributed by atoms with E-state index < -0.39 is 11.8 Å². The van der Waals surface area contributed by atoms with Crippen LogP contribution in [0.15, 0.2) is 48.7 Å². The molecule has 0 aliphatic carbocycles. The minimum Gasteiger partial charge on any atom is -0.492 e. The normalized spacial score (nSPS) is 14.0. The maximum Gasteiger partial charge on any atom is 0.314 e. The fourth-order valence-corrected chi connectivity index (χ4v) is 2.85. The lowest BCUT2D eigenvalue weighted by molar-refractivity contribution is -0.143. The second-order valence-electron chi connectivity index (χ2n) is 5.85. The van der Waals surface area contributed by atoms with Crippen LogP contribution >= 0.6 is 0 Å². The second kappa shape index (κ2) is 8.33. The van der Waals surface area contributed by atoms with Gasteiger partial charge < -0.3 is 19.9 Å². The van der Waals surface area contributed by atoms with Crippen molar-refractivity contribution in [2.24, 2.45) is 0 Å². The summed E-state index contributed by atoms with van der Waals surface area (Å²) < 4.78 is 5.47. The molecule has 2 aromatic rings. The van der Waals surface area contributed by atoms with Gasteiger partial charge in [0, 0.05) is 32.4 Å². The van der Waals surface area contributed by atoms with Crippen LogP contribution in [0, 0.1) is 0 Å². The molecule has 0 bridgehead atoms. The largest absolute Gasteiger partial charge is 0.492 e. The molecule has 0 unspecified atom stereocenters. The van der Waals surface area contributed by atoms with Crippen molar-refractivity contribution in [3.8, 4) is 5.75 Å². The van der Waals surface area contributed by atoms with Crippen LogP contribution in [0.4, 0.5) is 11.5 Å². The fourth-order valence-electron chi connectivity index (χ4n) is 2.85. The first-order valence-electron chi connectivity index (χ1n) is 8.67. The van der Waals surface area contributed by atoms with E-state index in [0.717, 1.165) is 5.82 Å². The molecule has 0 saturated carbocycles. The molecule has 26 heavy (non-hydrogen) atoms. The lowest BCUT2D eigenvalue weighted by Gasteiger charge is -2.35. The highest BCUT2D eigenvalue weighted by Gasteiger charge is 2.27. The number of nitrogens with one attached hydrogen (secondary N) is 1. The van der Waals surface area contributed by atoms with Gasteiger partial charge in [-0.2, -0.15) is 0 Å². The molecule has 1 aromatic carbocycles. The molecule has 1 saturated heterocycles. The van der Waals surface area contributed by atoms with Gasteiger partial charge in [-0.15, -0.1) is 0 Å². The summed E-state index contributed by atoms with van der Waals surface area (Å²) in [4.78, 5) is 32.8. The van der Waals surface area contributed by atoms with Gasteiger partial charge in [0.2, 0.25) is 0 Å². The SMILES string of the molecule is CCOc1ccccc1NC(=O)C(=O)N1CCN(c2ccccn2)CC1. The number of aromatic nitrogens is 1. The highest BCUT2D eigenvalue weighted by Crippen LogP contribution is 2.23. The van der Waals surface area contributed by atoms with Gasteiger partial charge in [-0.3, -0.25) is 9.59 Å². The van der Waals surface area contributed by atoms with Crippen LogP contribution in [0.1, 0.15) is 6.92 Å². The number of para-hydroxylation sites is 2. The molecule has 2 heterocycles. The van der Waals surface area contributed by atoms with Crippen molar-refractivity contribution in [3.63, 3.8) is 0 Å². The standard InChI is InChI=1S/C19H22N4O3/c1-2-26-16-8-4-3-7-15(16)21-18(24)19(25)23-13-11-22(12-14-23)17-9-5-6-10-20-17/h3-10H,2,11-14H2,1H3,(H,21,24). The summed E-state index contributed by atoms with van der Waals surface area (Å²) in [5.74, 6) is 0.256. The van der Waals surface area contributed by atoms with Gasteiger partial charge in [0.05, 0.1) is 12.3 Å². The molecule has 136 valence electrons. The molecule has 0 spiro atoms. The lowest BCUT2D eigenvalue weighted by atomic mass is 10.2. The number of pyridine rings is 1. The van der Waals surface area contributed by atoms with Crippen molar-refractivity contribution in [1.29, 1.82) is 0 Å². The van der Waals surface area contributed by atoms with Crippen molar-refractivity contribution >= 4 is 23.3 Å². The summed E-state index contributed by atoms with van der Waals surface area (Å²) in [5, 5.41) is 2.65. The molecule has 0 atom stereocenters. The molecule has 7 heteroatoms. The average Bonchev–Trinajstić information content (AvgIpc) is 2.70. The van der Waals surface area contributed by atoms with E-state index in [0.29, 0.717) is 44.2 Å². The van der Waals surface area contributed by atoms with Crippen molar-refractivity contribution in [2.75, 3.05) is 43.0 Å². The monoisotopic (exact) mass is 354 g/mol. The number of hydrogen-bond donors (Lipinski definition) is 1. The van der Waals surface area contributed by atoms with Crippen molar-refractivity contribution in [2.45, 2.75) is 6.92 Å². The van der Waals surface area contributed by atoms with Gasteiger partial charge in [-0.25, -0.2) is 4.98 Å². The third-order valence-corrected chi connectivity index (χ3v) is 4.17. The highest BCUT2D eigenvalue weighted by molar-refractivity contribution is 6.39.